The Morgan fingerprint density at radius 1 is 1.29 bits per heavy atom. The summed E-state index contributed by atoms with van der Waals surface area (Å²) < 4.78 is 10.9. The Morgan fingerprint density at radius 2 is 2.14 bits per heavy atom. The zero-order chi connectivity index (χ0) is 14.8. The van der Waals surface area contributed by atoms with Gasteiger partial charge in [0.15, 0.2) is 11.5 Å². The number of aryl methyl sites for hydroxylation is 1. The molecule has 0 fully saturated rings. The topological polar surface area (TPSA) is 43.4 Å². The Labute approximate surface area is 129 Å². The van der Waals surface area contributed by atoms with Gasteiger partial charge in [0, 0.05) is 4.88 Å². The summed E-state index contributed by atoms with van der Waals surface area (Å²) in [7, 11) is 5.34. The van der Waals surface area contributed by atoms with Gasteiger partial charge in [-0.05, 0) is 38.4 Å². The first-order valence-corrected chi connectivity index (χ1v) is 7.98. The van der Waals surface area contributed by atoms with E-state index in [0.29, 0.717) is 6.04 Å². The predicted octanol–water partition coefficient (Wildman–Crippen LogP) is 3.42. The van der Waals surface area contributed by atoms with Gasteiger partial charge in [-0.25, -0.2) is 4.98 Å². The SMILES string of the molecule is CNC1CCCc2sc(-c3cccc(OC)c3OC)nc21. The lowest BCUT2D eigenvalue weighted by atomic mass is 9.98. The molecule has 1 aliphatic carbocycles. The first-order valence-electron chi connectivity index (χ1n) is 7.16. The molecule has 0 spiro atoms. The van der Waals surface area contributed by atoms with Crippen molar-refractivity contribution in [1.29, 1.82) is 0 Å². The van der Waals surface area contributed by atoms with Crippen LogP contribution in [-0.4, -0.2) is 26.3 Å². The van der Waals surface area contributed by atoms with Crippen LogP contribution in [0.5, 0.6) is 11.5 Å². The number of hydrogen-bond acceptors (Lipinski definition) is 5. The number of methoxy groups -OCH3 is 2. The molecule has 1 unspecified atom stereocenters. The largest absolute Gasteiger partial charge is 0.493 e. The van der Waals surface area contributed by atoms with Gasteiger partial charge in [-0.15, -0.1) is 11.3 Å². The van der Waals surface area contributed by atoms with Crippen molar-refractivity contribution in [3.8, 4) is 22.1 Å². The number of rotatable bonds is 4. The number of aromatic nitrogens is 1. The fraction of sp³-hybridized carbons (Fsp3) is 0.438. The standard InChI is InChI=1S/C16H20N2O2S/c1-17-11-7-5-9-13-14(11)18-16(21-13)10-6-4-8-12(19-2)15(10)20-3/h4,6,8,11,17H,5,7,9H2,1-3H3. The van der Waals surface area contributed by atoms with E-state index in [4.69, 9.17) is 14.5 Å². The van der Waals surface area contributed by atoms with Gasteiger partial charge in [-0.1, -0.05) is 6.07 Å². The zero-order valence-corrected chi connectivity index (χ0v) is 13.4. The van der Waals surface area contributed by atoms with Crippen LogP contribution in [0.1, 0.15) is 29.5 Å². The second-order valence-corrected chi connectivity index (χ2v) is 6.19. The van der Waals surface area contributed by atoms with E-state index in [0.717, 1.165) is 34.9 Å². The number of hydrogen-bond donors (Lipinski definition) is 1. The van der Waals surface area contributed by atoms with Crippen LogP contribution in [0, 0.1) is 0 Å². The maximum atomic E-state index is 5.53. The second kappa shape index (κ2) is 6.03. The Balaban J connectivity index is 2.08. The molecule has 1 aromatic carbocycles. The van der Waals surface area contributed by atoms with Crippen LogP contribution >= 0.6 is 11.3 Å². The molecule has 1 heterocycles. The van der Waals surface area contributed by atoms with E-state index < -0.39 is 0 Å². The normalized spacial score (nSPS) is 17.4. The van der Waals surface area contributed by atoms with E-state index in [1.54, 1.807) is 25.6 Å². The lowest BCUT2D eigenvalue weighted by molar-refractivity contribution is 0.356. The number of thiazole rings is 1. The molecule has 1 aliphatic rings. The average molecular weight is 304 g/mol. The molecule has 1 atom stereocenters. The summed E-state index contributed by atoms with van der Waals surface area (Å²) >= 11 is 1.77. The van der Waals surface area contributed by atoms with Crippen LogP contribution in [0.2, 0.25) is 0 Å². The van der Waals surface area contributed by atoms with Crippen molar-refractivity contribution in [2.24, 2.45) is 0 Å². The van der Waals surface area contributed by atoms with Crippen molar-refractivity contribution >= 4 is 11.3 Å². The van der Waals surface area contributed by atoms with Crippen molar-refractivity contribution in [3.63, 3.8) is 0 Å². The van der Waals surface area contributed by atoms with Crippen LogP contribution < -0.4 is 14.8 Å². The van der Waals surface area contributed by atoms with Gasteiger partial charge in [-0.2, -0.15) is 0 Å². The molecule has 2 aromatic rings. The minimum atomic E-state index is 0.371. The molecule has 21 heavy (non-hydrogen) atoms. The highest BCUT2D eigenvalue weighted by Gasteiger charge is 2.25. The van der Waals surface area contributed by atoms with Gasteiger partial charge in [0.05, 0.1) is 31.5 Å². The van der Waals surface area contributed by atoms with Crippen molar-refractivity contribution in [2.45, 2.75) is 25.3 Å². The Bertz CT molecular complexity index is 639. The van der Waals surface area contributed by atoms with Crippen LogP contribution in [0.15, 0.2) is 18.2 Å². The Kier molecular flexibility index (Phi) is 4.12. The number of benzene rings is 1. The van der Waals surface area contributed by atoms with Crippen LogP contribution in [-0.2, 0) is 6.42 Å². The Hall–Kier alpha value is -1.59. The quantitative estimate of drug-likeness (QED) is 0.940. The third kappa shape index (κ3) is 2.51. The molecule has 3 rings (SSSR count). The molecule has 4 nitrogen and oxygen atoms in total. The van der Waals surface area contributed by atoms with Gasteiger partial charge in [-0.3, -0.25) is 0 Å². The van der Waals surface area contributed by atoms with E-state index in [-0.39, 0.29) is 0 Å². The van der Waals surface area contributed by atoms with Crippen LogP contribution in [0.25, 0.3) is 10.6 Å². The molecule has 5 heteroatoms. The maximum absolute atomic E-state index is 5.53. The third-order valence-corrected chi connectivity index (χ3v) is 5.10. The number of nitrogens with one attached hydrogen (secondary N) is 1. The van der Waals surface area contributed by atoms with Gasteiger partial charge in [0.1, 0.15) is 5.01 Å². The smallest absolute Gasteiger partial charge is 0.170 e. The minimum absolute atomic E-state index is 0.371. The first kappa shape index (κ1) is 14.4. The van der Waals surface area contributed by atoms with Crippen molar-refractivity contribution in [1.82, 2.24) is 10.3 Å². The summed E-state index contributed by atoms with van der Waals surface area (Å²) in [5.74, 6) is 1.50. The highest BCUT2D eigenvalue weighted by atomic mass is 32.1. The molecule has 0 saturated heterocycles. The van der Waals surface area contributed by atoms with Gasteiger partial charge in [0.2, 0.25) is 0 Å². The van der Waals surface area contributed by atoms with Gasteiger partial charge < -0.3 is 14.8 Å². The summed E-state index contributed by atoms with van der Waals surface area (Å²) in [4.78, 5) is 6.27. The fourth-order valence-electron chi connectivity index (χ4n) is 2.87. The molecule has 1 aromatic heterocycles. The van der Waals surface area contributed by atoms with Crippen LogP contribution in [0.4, 0.5) is 0 Å². The van der Waals surface area contributed by atoms with E-state index in [1.165, 1.54) is 17.0 Å². The third-order valence-electron chi connectivity index (χ3n) is 3.94. The van der Waals surface area contributed by atoms with E-state index in [2.05, 4.69) is 5.32 Å². The number of nitrogens with zero attached hydrogens (tertiary/aromatic N) is 1. The summed E-state index contributed by atoms with van der Waals surface area (Å²) in [5, 5.41) is 4.38. The predicted molar refractivity (Wildman–Crippen MR) is 85.4 cm³/mol. The summed E-state index contributed by atoms with van der Waals surface area (Å²) in [6.07, 6.45) is 3.49. The maximum Gasteiger partial charge on any atom is 0.170 e. The molecule has 0 amide bonds. The molecule has 1 N–H and O–H groups in total. The molecule has 0 radical (unpaired) electrons. The second-order valence-electron chi connectivity index (χ2n) is 5.10. The molecular formula is C16H20N2O2S. The minimum Gasteiger partial charge on any atom is -0.493 e. The lowest BCUT2D eigenvalue weighted by Gasteiger charge is -2.19. The summed E-state index contributed by atoms with van der Waals surface area (Å²) in [5.41, 5.74) is 2.21. The molecule has 0 saturated carbocycles. The lowest BCUT2D eigenvalue weighted by Crippen LogP contribution is -2.21. The Morgan fingerprint density at radius 3 is 2.86 bits per heavy atom. The van der Waals surface area contributed by atoms with E-state index >= 15 is 0 Å². The highest BCUT2D eigenvalue weighted by molar-refractivity contribution is 7.15. The first-order chi connectivity index (χ1) is 10.3. The number of fused-ring (bicyclic) bond motifs is 1. The van der Waals surface area contributed by atoms with Crippen molar-refractivity contribution < 1.29 is 9.47 Å². The van der Waals surface area contributed by atoms with E-state index in [9.17, 15) is 0 Å². The monoisotopic (exact) mass is 304 g/mol. The summed E-state index contributed by atoms with van der Waals surface area (Å²) in [6.45, 7) is 0. The highest BCUT2D eigenvalue weighted by Crippen LogP contribution is 2.42. The number of ether oxygens (including phenoxy) is 2. The summed E-state index contributed by atoms with van der Waals surface area (Å²) in [6, 6.07) is 6.30. The average Bonchev–Trinajstić information content (AvgIpc) is 2.97. The fourth-order valence-corrected chi connectivity index (χ4v) is 4.06. The molecule has 112 valence electrons. The van der Waals surface area contributed by atoms with Crippen molar-refractivity contribution in [2.75, 3.05) is 21.3 Å². The van der Waals surface area contributed by atoms with Crippen LogP contribution in [0.3, 0.4) is 0 Å². The van der Waals surface area contributed by atoms with Crippen molar-refractivity contribution in [3.05, 3.63) is 28.8 Å². The van der Waals surface area contributed by atoms with Gasteiger partial charge >= 0.3 is 0 Å². The molecule has 0 aliphatic heterocycles. The molecular weight excluding hydrogens is 284 g/mol. The molecule has 0 bridgehead atoms. The number of para-hydroxylation sites is 1. The van der Waals surface area contributed by atoms with E-state index in [1.807, 2.05) is 25.2 Å². The van der Waals surface area contributed by atoms with Gasteiger partial charge in [0.25, 0.3) is 0 Å². The zero-order valence-electron chi connectivity index (χ0n) is 12.6.